The molecule has 0 aromatic heterocycles. The van der Waals surface area contributed by atoms with Gasteiger partial charge in [0.05, 0.1) is 17.9 Å². The summed E-state index contributed by atoms with van der Waals surface area (Å²) in [7, 11) is -4.29. The third-order valence-corrected chi connectivity index (χ3v) is 6.94. The molecule has 2 atom stereocenters. The summed E-state index contributed by atoms with van der Waals surface area (Å²) in [5.41, 5.74) is 0. The molecule has 35 heavy (non-hydrogen) atoms. The Hall–Kier alpha value is -1.18. The van der Waals surface area contributed by atoms with Gasteiger partial charge >= 0.3 is 0 Å². The predicted octanol–water partition coefficient (Wildman–Crippen LogP) is 6.89. The first kappa shape index (κ1) is 33.8. The van der Waals surface area contributed by atoms with Crippen LogP contribution in [0.1, 0.15) is 129 Å². The van der Waals surface area contributed by atoms with E-state index in [2.05, 4.69) is 43.5 Å². The Balaban J connectivity index is 3.98. The van der Waals surface area contributed by atoms with Gasteiger partial charge in [0, 0.05) is 6.42 Å². The zero-order valence-electron chi connectivity index (χ0n) is 22.4. The van der Waals surface area contributed by atoms with Gasteiger partial charge in [0.25, 0.3) is 10.1 Å². The molecule has 0 rings (SSSR count). The van der Waals surface area contributed by atoms with Crippen LogP contribution in [0.4, 0.5) is 0 Å². The van der Waals surface area contributed by atoms with Crippen molar-refractivity contribution in [2.24, 2.45) is 0 Å². The summed E-state index contributed by atoms with van der Waals surface area (Å²) in [4.78, 5) is 12.3. The van der Waals surface area contributed by atoms with Crippen molar-refractivity contribution in [1.82, 2.24) is 5.32 Å². The van der Waals surface area contributed by atoms with Crippen molar-refractivity contribution >= 4 is 16.0 Å². The van der Waals surface area contributed by atoms with Gasteiger partial charge in [0.2, 0.25) is 5.91 Å². The van der Waals surface area contributed by atoms with Crippen LogP contribution < -0.4 is 5.32 Å². The maximum Gasteiger partial charge on any atom is 0.266 e. The molecule has 0 saturated heterocycles. The van der Waals surface area contributed by atoms with Crippen LogP contribution in [0.25, 0.3) is 0 Å². The predicted molar refractivity (Wildman–Crippen MR) is 147 cm³/mol. The van der Waals surface area contributed by atoms with E-state index in [-0.39, 0.29) is 5.91 Å². The molecule has 0 radical (unpaired) electrons. The van der Waals surface area contributed by atoms with Crippen LogP contribution in [0, 0.1) is 0 Å². The maximum atomic E-state index is 12.3. The Bertz CT molecular complexity index is 660. The highest BCUT2D eigenvalue weighted by Crippen LogP contribution is 2.12. The van der Waals surface area contributed by atoms with Gasteiger partial charge in [-0.25, -0.2) is 0 Å². The minimum Gasteiger partial charge on any atom is -0.391 e. The Labute approximate surface area is 215 Å². The van der Waals surface area contributed by atoms with Gasteiger partial charge in [-0.1, -0.05) is 102 Å². The molecule has 0 heterocycles. The Morgan fingerprint density at radius 3 is 1.91 bits per heavy atom. The summed E-state index contributed by atoms with van der Waals surface area (Å²) in [5, 5.41) is 13.0. The van der Waals surface area contributed by atoms with E-state index in [9.17, 15) is 22.9 Å². The number of nitrogens with one attached hydrogen (secondary N) is 1. The Kier molecular flexibility index (Phi) is 22.4. The number of hydrogen-bond acceptors (Lipinski definition) is 4. The van der Waals surface area contributed by atoms with Crippen molar-refractivity contribution in [3.63, 3.8) is 0 Å². The first-order chi connectivity index (χ1) is 16.8. The number of carbonyl (C=O) groups excluding carboxylic acids is 1. The molecule has 0 bridgehead atoms. The van der Waals surface area contributed by atoms with Crippen LogP contribution in [-0.4, -0.2) is 41.9 Å². The van der Waals surface area contributed by atoms with E-state index in [1.807, 2.05) is 0 Å². The Morgan fingerprint density at radius 2 is 1.29 bits per heavy atom. The molecule has 6 nitrogen and oxygen atoms in total. The maximum absolute atomic E-state index is 12.3. The lowest BCUT2D eigenvalue weighted by Gasteiger charge is -2.23. The van der Waals surface area contributed by atoms with Gasteiger partial charge in [0.15, 0.2) is 0 Å². The average Bonchev–Trinajstić information content (AvgIpc) is 2.80. The highest BCUT2D eigenvalue weighted by atomic mass is 32.2. The van der Waals surface area contributed by atoms with Crippen LogP contribution in [0.3, 0.4) is 0 Å². The van der Waals surface area contributed by atoms with E-state index < -0.39 is 28.0 Å². The number of hydrogen-bond donors (Lipinski definition) is 3. The fourth-order valence-corrected chi connectivity index (χ4v) is 4.77. The fraction of sp³-hybridized carbons (Fsp3) is 0.821. The summed E-state index contributed by atoms with van der Waals surface area (Å²) in [6.07, 6.45) is 25.9. The molecule has 0 aliphatic rings. The summed E-state index contributed by atoms with van der Waals surface area (Å²) < 4.78 is 31.9. The smallest absolute Gasteiger partial charge is 0.266 e. The summed E-state index contributed by atoms with van der Waals surface area (Å²) in [6.45, 7) is 4.35. The lowest BCUT2D eigenvalue weighted by Crippen LogP contribution is -2.47. The van der Waals surface area contributed by atoms with Crippen LogP contribution in [-0.2, 0) is 14.9 Å². The minimum absolute atomic E-state index is 0.269. The van der Waals surface area contributed by atoms with E-state index in [0.29, 0.717) is 12.8 Å². The van der Waals surface area contributed by atoms with Crippen molar-refractivity contribution in [3.05, 3.63) is 24.3 Å². The molecule has 7 heteroatoms. The average molecular weight is 516 g/mol. The number of allylic oxidation sites excluding steroid dienone is 4. The molecular formula is C28H53NO5S. The van der Waals surface area contributed by atoms with Crippen molar-refractivity contribution in [1.29, 1.82) is 0 Å². The molecule has 0 aromatic rings. The van der Waals surface area contributed by atoms with Crippen LogP contribution >= 0.6 is 0 Å². The van der Waals surface area contributed by atoms with Gasteiger partial charge in [-0.3, -0.25) is 9.35 Å². The molecule has 0 aliphatic heterocycles. The van der Waals surface area contributed by atoms with E-state index in [1.165, 1.54) is 25.7 Å². The molecule has 0 saturated carbocycles. The number of rotatable bonds is 24. The van der Waals surface area contributed by atoms with Crippen molar-refractivity contribution in [2.75, 3.05) is 5.75 Å². The molecule has 2 unspecified atom stereocenters. The van der Waals surface area contributed by atoms with E-state index in [4.69, 9.17) is 0 Å². The number of aliphatic hydroxyl groups excluding tert-OH is 1. The minimum atomic E-state index is -4.29. The third-order valence-electron chi connectivity index (χ3n) is 6.16. The van der Waals surface area contributed by atoms with Gasteiger partial charge < -0.3 is 10.4 Å². The third kappa shape index (κ3) is 24.3. The first-order valence-electron chi connectivity index (χ1n) is 14.0. The summed E-state index contributed by atoms with van der Waals surface area (Å²) >= 11 is 0. The van der Waals surface area contributed by atoms with Crippen LogP contribution in [0.5, 0.6) is 0 Å². The number of unbranched alkanes of at least 4 members (excludes halogenated alkanes) is 12. The first-order valence-corrected chi connectivity index (χ1v) is 15.6. The largest absolute Gasteiger partial charge is 0.391 e. The van der Waals surface area contributed by atoms with Crippen molar-refractivity contribution < 1.29 is 22.9 Å². The number of amides is 1. The molecule has 206 valence electrons. The molecule has 0 fully saturated rings. The second-order valence-electron chi connectivity index (χ2n) is 9.67. The van der Waals surface area contributed by atoms with Gasteiger partial charge in [-0.15, -0.1) is 0 Å². The second kappa shape index (κ2) is 23.2. The molecule has 1 amide bonds. The lowest BCUT2D eigenvalue weighted by atomic mass is 10.0. The normalized spacial score (nSPS) is 14.1. The molecule has 3 N–H and O–H groups in total. The summed E-state index contributed by atoms with van der Waals surface area (Å²) in [6, 6.07) is -0.971. The van der Waals surface area contributed by atoms with Gasteiger partial charge in [0.1, 0.15) is 0 Å². The van der Waals surface area contributed by atoms with E-state index >= 15 is 0 Å². The van der Waals surface area contributed by atoms with Crippen molar-refractivity contribution in [2.45, 2.75) is 142 Å². The molecular weight excluding hydrogens is 462 g/mol. The van der Waals surface area contributed by atoms with Crippen LogP contribution in [0.2, 0.25) is 0 Å². The summed E-state index contributed by atoms with van der Waals surface area (Å²) in [5.74, 6) is -0.925. The molecule has 0 spiro atoms. The van der Waals surface area contributed by atoms with E-state index in [1.54, 1.807) is 0 Å². The Morgan fingerprint density at radius 1 is 0.771 bits per heavy atom. The zero-order chi connectivity index (χ0) is 26.2. The fourth-order valence-electron chi connectivity index (χ4n) is 4.01. The van der Waals surface area contributed by atoms with Crippen LogP contribution in [0.15, 0.2) is 24.3 Å². The number of carbonyl (C=O) groups is 1. The monoisotopic (exact) mass is 515 g/mol. The topological polar surface area (TPSA) is 104 Å². The van der Waals surface area contributed by atoms with E-state index in [0.717, 1.165) is 77.0 Å². The quantitative estimate of drug-likeness (QED) is 0.0737. The standard InChI is InChI=1S/C28H53NO5S/c1-3-5-7-9-10-11-12-13-14-15-16-17-18-20-22-24-28(31)29-26(25-35(32,33)34)27(30)23-21-19-8-6-4-2/h10-11,13-14,26-27,30H,3-9,12,15-25H2,1-2H3,(H,29,31)(H,32,33,34)/b11-10-,14-13-. The highest BCUT2D eigenvalue weighted by molar-refractivity contribution is 7.85. The molecule has 0 aliphatic carbocycles. The molecule has 0 aromatic carbocycles. The highest BCUT2D eigenvalue weighted by Gasteiger charge is 2.25. The van der Waals surface area contributed by atoms with Crippen molar-refractivity contribution in [3.8, 4) is 0 Å². The SMILES string of the molecule is CCCCC/C=C\C/C=C\CCCCCCCC(=O)NC(CS(=O)(=O)O)C(O)CCCCCCC. The number of aliphatic hydroxyl groups is 1. The van der Waals surface area contributed by atoms with Gasteiger partial charge in [-0.2, -0.15) is 8.42 Å². The van der Waals surface area contributed by atoms with Gasteiger partial charge in [-0.05, 0) is 44.9 Å². The second-order valence-corrected chi connectivity index (χ2v) is 11.2. The lowest BCUT2D eigenvalue weighted by molar-refractivity contribution is -0.122. The zero-order valence-corrected chi connectivity index (χ0v) is 23.2.